The molecule has 0 saturated carbocycles. The molecule has 7 heteroatoms. The van der Waals surface area contributed by atoms with Crippen LogP contribution in [0.2, 0.25) is 0 Å². The highest BCUT2D eigenvalue weighted by atomic mass is 32.2. The fourth-order valence-electron chi connectivity index (χ4n) is 3.21. The zero-order valence-electron chi connectivity index (χ0n) is 13.2. The average molecular weight is 353 g/mol. The molecule has 0 atom stereocenters. The minimum Gasteiger partial charge on any atom is -0.396 e. The molecular weight excluding hydrogens is 338 g/mol. The van der Waals surface area contributed by atoms with Crippen LogP contribution in [0, 0.1) is 0 Å². The van der Waals surface area contributed by atoms with Crippen molar-refractivity contribution >= 4 is 38.0 Å². The van der Waals surface area contributed by atoms with Crippen LogP contribution in [0.1, 0.15) is 11.1 Å². The molecule has 3 N–H and O–H groups in total. The Morgan fingerprint density at radius 3 is 2.40 bits per heavy atom. The normalized spacial score (nSPS) is 13.8. The van der Waals surface area contributed by atoms with Crippen molar-refractivity contribution < 1.29 is 13.0 Å². The third kappa shape index (κ3) is 2.77. The Balaban J connectivity index is 1.72. The summed E-state index contributed by atoms with van der Waals surface area (Å²) in [7, 11) is -4.21. The minimum atomic E-state index is -4.21. The molecule has 4 rings (SSSR count). The summed E-state index contributed by atoms with van der Waals surface area (Å²) in [6.07, 6.45) is 1.96. The number of benzene rings is 3. The Morgan fingerprint density at radius 2 is 1.68 bits per heavy atom. The Kier molecular flexibility index (Phi) is 3.55. The topological polar surface area (TPSA) is 105 Å². The predicted octanol–water partition coefficient (Wildman–Crippen LogP) is 4.18. The van der Waals surface area contributed by atoms with Gasteiger partial charge in [0, 0.05) is 5.39 Å². The summed E-state index contributed by atoms with van der Waals surface area (Å²) in [5.41, 5.74) is 10.4. The van der Waals surface area contributed by atoms with Crippen LogP contribution >= 0.6 is 0 Å². The molecule has 0 aliphatic heterocycles. The van der Waals surface area contributed by atoms with E-state index in [2.05, 4.69) is 16.3 Å². The third-order valence-electron chi connectivity index (χ3n) is 4.42. The van der Waals surface area contributed by atoms with Crippen LogP contribution in [0.4, 0.5) is 17.1 Å². The maximum Gasteiger partial charge on any atom is 0.294 e. The summed E-state index contributed by atoms with van der Waals surface area (Å²) in [5, 5.41) is 10.6. The largest absolute Gasteiger partial charge is 0.396 e. The first-order valence-corrected chi connectivity index (χ1v) is 9.20. The van der Waals surface area contributed by atoms with Crippen molar-refractivity contribution in [1.29, 1.82) is 0 Å². The van der Waals surface area contributed by atoms with Crippen molar-refractivity contribution in [2.45, 2.75) is 17.7 Å². The lowest BCUT2D eigenvalue weighted by Crippen LogP contribution is -1.96. The van der Waals surface area contributed by atoms with E-state index < -0.39 is 10.1 Å². The van der Waals surface area contributed by atoms with Crippen LogP contribution in [-0.2, 0) is 23.0 Å². The predicted molar refractivity (Wildman–Crippen MR) is 96.2 cm³/mol. The van der Waals surface area contributed by atoms with Crippen LogP contribution in [0.15, 0.2) is 63.7 Å². The van der Waals surface area contributed by atoms with Gasteiger partial charge in [0.25, 0.3) is 10.1 Å². The van der Waals surface area contributed by atoms with Crippen molar-refractivity contribution in [2.24, 2.45) is 10.2 Å². The lowest BCUT2D eigenvalue weighted by molar-refractivity contribution is 0.483. The second-order valence-electron chi connectivity index (χ2n) is 5.98. The summed E-state index contributed by atoms with van der Waals surface area (Å²) >= 11 is 0. The molecule has 25 heavy (non-hydrogen) atoms. The van der Waals surface area contributed by atoms with E-state index in [9.17, 15) is 8.42 Å². The number of anilines is 1. The maximum atomic E-state index is 11.1. The zero-order chi connectivity index (χ0) is 17.6. The monoisotopic (exact) mass is 353 g/mol. The molecule has 0 fully saturated rings. The highest BCUT2D eigenvalue weighted by molar-refractivity contribution is 7.85. The summed E-state index contributed by atoms with van der Waals surface area (Å²) in [5.74, 6) is 0. The van der Waals surface area contributed by atoms with Gasteiger partial charge in [-0.25, -0.2) is 0 Å². The summed E-state index contributed by atoms with van der Waals surface area (Å²) in [4.78, 5) is -0.183. The molecule has 3 aromatic rings. The molecule has 1 aliphatic carbocycles. The van der Waals surface area contributed by atoms with Gasteiger partial charge in [0.2, 0.25) is 0 Å². The number of rotatable bonds is 3. The molecule has 0 bridgehead atoms. The minimum absolute atomic E-state index is 0.183. The highest BCUT2D eigenvalue weighted by Gasteiger charge is 2.17. The van der Waals surface area contributed by atoms with Gasteiger partial charge in [-0.05, 0) is 59.7 Å². The van der Waals surface area contributed by atoms with Crippen LogP contribution < -0.4 is 5.73 Å². The van der Waals surface area contributed by atoms with E-state index in [1.54, 1.807) is 0 Å². The van der Waals surface area contributed by atoms with Crippen LogP contribution in [0.5, 0.6) is 0 Å². The number of nitrogens with zero attached hydrogens (tertiary/aromatic N) is 2. The van der Waals surface area contributed by atoms with Gasteiger partial charge in [0.1, 0.15) is 5.69 Å². The fraction of sp³-hybridized carbons (Fsp3) is 0.111. The molecule has 0 radical (unpaired) electrons. The van der Waals surface area contributed by atoms with Gasteiger partial charge >= 0.3 is 0 Å². The molecule has 0 saturated heterocycles. The third-order valence-corrected chi connectivity index (χ3v) is 5.29. The molecule has 0 heterocycles. The Hall–Kier alpha value is -2.77. The molecule has 0 amide bonds. The van der Waals surface area contributed by atoms with E-state index in [1.807, 2.05) is 18.2 Å². The summed E-state index contributed by atoms with van der Waals surface area (Å²) < 4.78 is 31.1. The molecular formula is C18H15N3O3S. The van der Waals surface area contributed by atoms with E-state index in [1.165, 1.54) is 40.8 Å². The smallest absolute Gasteiger partial charge is 0.294 e. The number of hydrogen-bond donors (Lipinski definition) is 2. The van der Waals surface area contributed by atoms with Gasteiger partial charge in [-0.1, -0.05) is 18.2 Å². The SMILES string of the molecule is Nc1c(N=Nc2ccc(S(=O)(=O)O)cc2)cc2c3c(cccc13)CC2. The molecule has 126 valence electrons. The number of nitrogen functional groups attached to an aromatic ring is 1. The Morgan fingerprint density at radius 1 is 0.960 bits per heavy atom. The molecule has 0 unspecified atom stereocenters. The maximum absolute atomic E-state index is 11.1. The first-order valence-electron chi connectivity index (χ1n) is 7.76. The second-order valence-corrected chi connectivity index (χ2v) is 7.40. The summed E-state index contributed by atoms with van der Waals surface area (Å²) in [6, 6.07) is 13.6. The Labute approximate surface area is 144 Å². The van der Waals surface area contributed by atoms with Gasteiger partial charge in [0.15, 0.2) is 0 Å². The number of nitrogens with two attached hydrogens (primary N) is 1. The molecule has 0 spiro atoms. The van der Waals surface area contributed by atoms with Gasteiger partial charge in [-0.15, -0.1) is 5.11 Å². The van der Waals surface area contributed by atoms with Gasteiger partial charge in [-0.3, -0.25) is 4.55 Å². The lowest BCUT2D eigenvalue weighted by Gasteiger charge is -2.08. The van der Waals surface area contributed by atoms with Crippen molar-refractivity contribution in [3.05, 3.63) is 59.7 Å². The highest BCUT2D eigenvalue weighted by Crippen LogP contribution is 2.40. The van der Waals surface area contributed by atoms with E-state index in [0.29, 0.717) is 17.1 Å². The zero-order valence-corrected chi connectivity index (χ0v) is 14.0. The molecule has 0 aromatic heterocycles. The van der Waals surface area contributed by atoms with E-state index in [0.717, 1.165) is 18.2 Å². The van der Waals surface area contributed by atoms with Crippen LogP contribution in [0.3, 0.4) is 0 Å². The van der Waals surface area contributed by atoms with Crippen LogP contribution in [-0.4, -0.2) is 13.0 Å². The van der Waals surface area contributed by atoms with Crippen molar-refractivity contribution in [3.63, 3.8) is 0 Å². The Bertz CT molecular complexity index is 1120. The van der Waals surface area contributed by atoms with Crippen molar-refractivity contribution in [1.82, 2.24) is 0 Å². The van der Waals surface area contributed by atoms with E-state index >= 15 is 0 Å². The molecule has 3 aromatic carbocycles. The quantitative estimate of drug-likeness (QED) is 0.418. The van der Waals surface area contributed by atoms with Crippen molar-refractivity contribution in [2.75, 3.05) is 5.73 Å². The lowest BCUT2D eigenvalue weighted by atomic mass is 10.0. The first kappa shape index (κ1) is 15.7. The van der Waals surface area contributed by atoms with Crippen molar-refractivity contribution in [3.8, 4) is 0 Å². The van der Waals surface area contributed by atoms with E-state index in [4.69, 9.17) is 10.3 Å². The number of azo groups is 1. The molecule has 6 nitrogen and oxygen atoms in total. The van der Waals surface area contributed by atoms with Gasteiger partial charge in [-0.2, -0.15) is 13.5 Å². The van der Waals surface area contributed by atoms with Gasteiger partial charge < -0.3 is 5.73 Å². The number of aryl methyl sites for hydroxylation is 2. The second kappa shape index (κ2) is 5.65. The average Bonchev–Trinajstić information content (AvgIpc) is 3.00. The van der Waals surface area contributed by atoms with Gasteiger partial charge in [0.05, 0.1) is 16.3 Å². The summed E-state index contributed by atoms with van der Waals surface area (Å²) in [6.45, 7) is 0. The number of hydrogen-bond acceptors (Lipinski definition) is 5. The standard InChI is InChI=1S/C18H15N3O3S/c19-18-15-3-1-2-11-4-5-12(17(11)15)10-16(18)21-20-13-6-8-14(9-7-13)25(22,23)24/h1-3,6-10H,4-5,19H2,(H,22,23,24). The molecule has 1 aliphatic rings. The first-order chi connectivity index (χ1) is 11.9. The fourth-order valence-corrected chi connectivity index (χ4v) is 3.69. The van der Waals surface area contributed by atoms with E-state index in [-0.39, 0.29) is 4.90 Å². The van der Waals surface area contributed by atoms with Crippen LogP contribution in [0.25, 0.3) is 10.8 Å².